The van der Waals surface area contributed by atoms with Gasteiger partial charge in [0.15, 0.2) is 12.4 Å². The molecule has 0 fully saturated rings. The van der Waals surface area contributed by atoms with Crippen LogP contribution in [0.25, 0.3) is 0 Å². The van der Waals surface area contributed by atoms with Crippen LogP contribution in [0.5, 0.6) is 5.75 Å². The van der Waals surface area contributed by atoms with E-state index in [0.717, 1.165) is 29.8 Å². The molecule has 3 N–H and O–H groups in total. The van der Waals surface area contributed by atoms with Gasteiger partial charge in [0.2, 0.25) is 0 Å². The lowest BCUT2D eigenvalue weighted by Gasteiger charge is -2.09. The molecule has 2 aromatic carbocycles. The second-order valence-electron chi connectivity index (χ2n) is 6.55. The van der Waals surface area contributed by atoms with Gasteiger partial charge in [0.1, 0.15) is 12.4 Å². The van der Waals surface area contributed by atoms with Gasteiger partial charge in [0, 0.05) is 29.2 Å². The van der Waals surface area contributed by atoms with Crippen LogP contribution < -0.4 is 15.8 Å². The minimum atomic E-state index is -4.45. The van der Waals surface area contributed by atoms with Crippen LogP contribution in [0.15, 0.2) is 78.2 Å². The van der Waals surface area contributed by atoms with Crippen molar-refractivity contribution in [2.45, 2.75) is 12.8 Å². The number of halogens is 3. The predicted molar refractivity (Wildman–Crippen MR) is 112 cm³/mol. The first-order valence-electron chi connectivity index (χ1n) is 9.36. The largest absolute Gasteiger partial charge is 0.489 e. The average Bonchev–Trinajstić information content (AvgIpc) is 2.78. The molecule has 0 aliphatic heterocycles. The molecule has 0 aliphatic carbocycles. The molecule has 7 nitrogen and oxygen atoms in total. The van der Waals surface area contributed by atoms with E-state index in [2.05, 4.69) is 15.5 Å². The SMILES string of the molecule is N/C(=N/OCC(=O)Nc1ccc(C(F)(F)F)cc1)c1cccc(OCc2cccnc2)c1. The second-order valence-corrected chi connectivity index (χ2v) is 6.55. The Morgan fingerprint density at radius 1 is 1.09 bits per heavy atom. The van der Waals surface area contributed by atoms with Crippen molar-refractivity contribution in [2.24, 2.45) is 10.9 Å². The molecule has 32 heavy (non-hydrogen) atoms. The lowest BCUT2D eigenvalue weighted by Crippen LogP contribution is -2.19. The Labute approximate surface area is 181 Å². The molecule has 10 heteroatoms. The number of benzene rings is 2. The number of carbonyl (C=O) groups excluding carboxylic acids is 1. The molecular formula is C22H19F3N4O3. The van der Waals surface area contributed by atoms with Crippen LogP contribution in [0.3, 0.4) is 0 Å². The van der Waals surface area contributed by atoms with Crippen molar-refractivity contribution < 1.29 is 27.5 Å². The maximum Gasteiger partial charge on any atom is 0.416 e. The Balaban J connectivity index is 1.50. The number of oxime groups is 1. The topological polar surface area (TPSA) is 98.8 Å². The molecular weight excluding hydrogens is 425 g/mol. The van der Waals surface area contributed by atoms with Gasteiger partial charge in [-0.05, 0) is 42.5 Å². The van der Waals surface area contributed by atoms with E-state index in [9.17, 15) is 18.0 Å². The highest BCUT2D eigenvalue weighted by Crippen LogP contribution is 2.29. The summed E-state index contributed by atoms with van der Waals surface area (Å²) in [6.45, 7) is -0.145. The van der Waals surface area contributed by atoms with Gasteiger partial charge >= 0.3 is 6.18 Å². The number of rotatable bonds is 8. The molecule has 3 rings (SSSR count). The number of ether oxygens (including phenoxy) is 1. The molecule has 1 aromatic heterocycles. The zero-order valence-electron chi connectivity index (χ0n) is 16.7. The summed E-state index contributed by atoms with van der Waals surface area (Å²) in [5, 5.41) is 6.11. The van der Waals surface area contributed by atoms with Crippen LogP contribution in [-0.2, 0) is 22.4 Å². The van der Waals surface area contributed by atoms with Gasteiger partial charge in [-0.25, -0.2) is 0 Å². The van der Waals surface area contributed by atoms with Gasteiger partial charge in [-0.15, -0.1) is 0 Å². The van der Waals surface area contributed by atoms with E-state index in [1.165, 1.54) is 0 Å². The number of nitrogens with two attached hydrogens (primary N) is 1. The van der Waals surface area contributed by atoms with Crippen LogP contribution in [0.4, 0.5) is 18.9 Å². The number of amides is 1. The maximum atomic E-state index is 12.6. The smallest absolute Gasteiger partial charge is 0.416 e. The average molecular weight is 444 g/mol. The van der Waals surface area contributed by atoms with Gasteiger partial charge in [-0.3, -0.25) is 9.78 Å². The Morgan fingerprint density at radius 2 is 1.88 bits per heavy atom. The Bertz CT molecular complexity index is 1070. The minimum absolute atomic E-state index is 0.0270. The van der Waals surface area contributed by atoms with E-state index in [0.29, 0.717) is 17.9 Å². The fourth-order valence-corrected chi connectivity index (χ4v) is 2.55. The van der Waals surface area contributed by atoms with Gasteiger partial charge in [0.05, 0.1) is 5.56 Å². The van der Waals surface area contributed by atoms with E-state index in [4.69, 9.17) is 15.3 Å². The van der Waals surface area contributed by atoms with Gasteiger partial charge in [-0.1, -0.05) is 23.4 Å². The summed E-state index contributed by atoms with van der Waals surface area (Å²) in [6.07, 6.45) is -1.08. The fourth-order valence-electron chi connectivity index (χ4n) is 2.55. The van der Waals surface area contributed by atoms with Crippen LogP contribution in [0, 0.1) is 0 Å². The number of hydrogen-bond acceptors (Lipinski definition) is 5. The van der Waals surface area contributed by atoms with Crippen molar-refractivity contribution >= 4 is 17.4 Å². The summed E-state index contributed by atoms with van der Waals surface area (Å²) in [5.74, 6) is -0.0152. The zero-order valence-corrected chi connectivity index (χ0v) is 16.7. The van der Waals surface area contributed by atoms with Crippen molar-refractivity contribution in [1.29, 1.82) is 0 Å². The molecule has 3 aromatic rings. The number of alkyl halides is 3. The number of nitrogens with one attached hydrogen (secondary N) is 1. The summed E-state index contributed by atoms with van der Waals surface area (Å²) in [5.41, 5.74) is 6.70. The van der Waals surface area contributed by atoms with Crippen molar-refractivity contribution in [1.82, 2.24) is 4.98 Å². The van der Waals surface area contributed by atoms with Gasteiger partial charge < -0.3 is 20.6 Å². The number of anilines is 1. The molecule has 0 saturated heterocycles. The molecule has 0 aliphatic rings. The molecule has 0 radical (unpaired) electrons. The molecule has 0 atom stereocenters. The van der Waals surface area contributed by atoms with E-state index < -0.39 is 24.3 Å². The second kappa shape index (κ2) is 10.3. The van der Waals surface area contributed by atoms with Crippen LogP contribution in [0.1, 0.15) is 16.7 Å². The van der Waals surface area contributed by atoms with Gasteiger partial charge in [0.25, 0.3) is 5.91 Å². The highest BCUT2D eigenvalue weighted by atomic mass is 19.4. The Kier molecular flexibility index (Phi) is 7.27. The summed E-state index contributed by atoms with van der Waals surface area (Å²) in [6, 6.07) is 14.6. The van der Waals surface area contributed by atoms with E-state index in [1.807, 2.05) is 12.1 Å². The third-order valence-corrected chi connectivity index (χ3v) is 4.11. The van der Waals surface area contributed by atoms with Crippen molar-refractivity contribution in [3.8, 4) is 5.75 Å². The Morgan fingerprint density at radius 3 is 2.56 bits per heavy atom. The van der Waals surface area contributed by atoms with Crippen LogP contribution in [-0.4, -0.2) is 23.3 Å². The number of amidine groups is 1. The fraction of sp³-hybridized carbons (Fsp3) is 0.136. The monoisotopic (exact) mass is 444 g/mol. The quantitative estimate of drug-likeness (QED) is 0.311. The normalized spacial score (nSPS) is 11.7. The van der Waals surface area contributed by atoms with Crippen molar-refractivity contribution in [3.05, 3.63) is 89.7 Å². The first-order valence-corrected chi connectivity index (χ1v) is 9.36. The molecule has 0 spiro atoms. The van der Waals surface area contributed by atoms with Crippen molar-refractivity contribution in [2.75, 3.05) is 11.9 Å². The minimum Gasteiger partial charge on any atom is -0.489 e. The molecule has 0 bridgehead atoms. The van der Waals surface area contributed by atoms with E-state index in [-0.39, 0.29) is 11.5 Å². The van der Waals surface area contributed by atoms with Crippen molar-refractivity contribution in [3.63, 3.8) is 0 Å². The highest BCUT2D eigenvalue weighted by molar-refractivity contribution is 5.97. The first-order chi connectivity index (χ1) is 15.3. The highest BCUT2D eigenvalue weighted by Gasteiger charge is 2.29. The number of carbonyl (C=O) groups is 1. The first kappa shape index (κ1) is 22.6. The molecule has 1 amide bonds. The summed E-state index contributed by atoms with van der Waals surface area (Å²) >= 11 is 0. The number of nitrogens with zero attached hydrogens (tertiary/aromatic N) is 2. The predicted octanol–water partition coefficient (Wildman–Crippen LogP) is 3.96. The molecule has 1 heterocycles. The molecule has 166 valence electrons. The lowest BCUT2D eigenvalue weighted by molar-refractivity contribution is -0.137. The molecule has 0 saturated carbocycles. The number of hydrogen-bond donors (Lipinski definition) is 2. The Hall–Kier alpha value is -4.08. The van der Waals surface area contributed by atoms with E-state index >= 15 is 0 Å². The van der Waals surface area contributed by atoms with Crippen LogP contribution in [0.2, 0.25) is 0 Å². The maximum absolute atomic E-state index is 12.6. The van der Waals surface area contributed by atoms with E-state index in [1.54, 1.807) is 36.7 Å². The number of aromatic nitrogens is 1. The molecule has 0 unspecified atom stereocenters. The third-order valence-electron chi connectivity index (χ3n) is 4.11. The standard InChI is InChI=1S/C22H19F3N4O3/c23-22(24,25)17-6-8-18(9-7-17)28-20(30)14-32-29-21(26)16-4-1-5-19(11-16)31-13-15-3-2-10-27-12-15/h1-12H,13-14H2,(H2,26,29)(H,28,30). The third kappa shape index (κ3) is 6.73. The summed E-state index contributed by atoms with van der Waals surface area (Å²) in [4.78, 5) is 20.9. The lowest BCUT2D eigenvalue weighted by atomic mass is 10.2. The van der Waals surface area contributed by atoms with Gasteiger partial charge in [-0.2, -0.15) is 13.2 Å². The number of pyridine rings is 1. The van der Waals surface area contributed by atoms with Crippen LogP contribution >= 0.6 is 0 Å². The zero-order chi connectivity index (χ0) is 23.0. The summed E-state index contributed by atoms with van der Waals surface area (Å²) < 4.78 is 43.4. The summed E-state index contributed by atoms with van der Waals surface area (Å²) in [7, 11) is 0.